The summed E-state index contributed by atoms with van der Waals surface area (Å²) in [7, 11) is 0. The van der Waals surface area contributed by atoms with Gasteiger partial charge in [-0.25, -0.2) is 4.79 Å². The highest BCUT2D eigenvalue weighted by atomic mass is 32.2. The van der Waals surface area contributed by atoms with Crippen LogP contribution >= 0.6 is 11.8 Å². The van der Waals surface area contributed by atoms with E-state index in [9.17, 15) is 9.59 Å². The number of rotatable bonds is 5. The first-order valence-corrected chi connectivity index (χ1v) is 9.00. The predicted octanol–water partition coefficient (Wildman–Crippen LogP) is 2.65. The minimum absolute atomic E-state index is 0.0228. The minimum atomic E-state index is -0.553. The SMILES string of the molecule is CSCCC(NC(=O)OC(C)(C)C)C(=O)N1CCCCC1. The van der Waals surface area contributed by atoms with Crippen LogP contribution in [0.2, 0.25) is 0 Å². The van der Waals surface area contributed by atoms with Crippen LogP contribution in [0.5, 0.6) is 0 Å². The predicted molar refractivity (Wildman–Crippen MR) is 86.6 cm³/mol. The summed E-state index contributed by atoms with van der Waals surface area (Å²) in [6.07, 6.45) is 5.39. The fourth-order valence-corrected chi connectivity index (χ4v) is 2.75. The van der Waals surface area contributed by atoms with Gasteiger partial charge in [0.15, 0.2) is 0 Å². The van der Waals surface area contributed by atoms with Crippen molar-refractivity contribution < 1.29 is 14.3 Å². The molecule has 0 aromatic heterocycles. The van der Waals surface area contributed by atoms with Crippen LogP contribution in [-0.4, -0.2) is 53.6 Å². The van der Waals surface area contributed by atoms with Gasteiger partial charge in [0.05, 0.1) is 0 Å². The zero-order valence-corrected chi connectivity index (χ0v) is 14.4. The Morgan fingerprint density at radius 1 is 1.24 bits per heavy atom. The van der Waals surface area contributed by atoms with Gasteiger partial charge in [-0.2, -0.15) is 11.8 Å². The molecule has 1 aliphatic rings. The topological polar surface area (TPSA) is 58.6 Å². The Morgan fingerprint density at radius 2 is 1.86 bits per heavy atom. The van der Waals surface area contributed by atoms with Crippen LogP contribution in [0.15, 0.2) is 0 Å². The molecule has 0 aliphatic carbocycles. The number of nitrogens with zero attached hydrogens (tertiary/aromatic N) is 1. The van der Waals surface area contributed by atoms with Crippen LogP contribution in [-0.2, 0) is 9.53 Å². The number of nitrogens with one attached hydrogen (secondary N) is 1. The van der Waals surface area contributed by atoms with E-state index < -0.39 is 17.7 Å². The molecule has 0 aromatic rings. The third-order valence-corrected chi connectivity index (χ3v) is 3.91. The molecule has 0 spiro atoms. The molecule has 0 aromatic carbocycles. The Kier molecular flexibility index (Phi) is 7.35. The lowest BCUT2D eigenvalue weighted by Gasteiger charge is -2.31. The molecular formula is C15H28N2O3S. The van der Waals surface area contributed by atoms with Crippen LogP contribution in [0.1, 0.15) is 46.5 Å². The summed E-state index contributed by atoms with van der Waals surface area (Å²) in [5, 5.41) is 2.74. The summed E-state index contributed by atoms with van der Waals surface area (Å²) in [4.78, 5) is 26.3. The van der Waals surface area contributed by atoms with Crippen LogP contribution in [0.25, 0.3) is 0 Å². The summed E-state index contributed by atoms with van der Waals surface area (Å²) in [6, 6.07) is -0.481. The average Bonchev–Trinajstić information content (AvgIpc) is 2.41. The summed E-state index contributed by atoms with van der Waals surface area (Å²) >= 11 is 1.67. The van der Waals surface area contributed by atoms with Crippen molar-refractivity contribution >= 4 is 23.8 Å². The van der Waals surface area contributed by atoms with Crippen LogP contribution in [0.4, 0.5) is 4.79 Å². The third-order valence-electron chi connectivity index (χ3n) is 3.27. The lowest BCUT2D eigenvalue weighted by atomic mass is 10.1. The Bertz CT molecular complexity index is 349. The fourth-order valence-electron chi connectivity index (χ4n) is 2.28. The Morgan fingerprint density at radius 3 is 2.38 bits per heavy atom. The zero-order chi connectivity index (χ0) is 15.9. The number of amides is 2. The van der Waals surface area contributed by atoms with E-state index in [1.54, 1.807) is 11.8 Å². The van der Waals surface area contributed by atoms with Crippen molar-refractivity contribution in [2.75, 3.05) is 25.1 Å². The summed E-state index contributed by atoms with van der Waals surface area (Å²) in [6.45, 7) is 7.04. The molecule has 1 fully saturated rings. The van der Waals surface area contributed by atoms with Gasteiger partial charge in [-0.1, -0.05) is 0 Å². The molecule has 1 heterocycles. The number of thioether (sulfide) groups is 1. The molecule has 1 atom stereocenters. The maximum atomic E-state index is 12.6. The van der Waals surface area contributed by atoms with E-state index in [0.29, 0.717) is 6.42 Å². The van der Waals surface area contributed by atoms with Crippen molar-refractivity contribution in [2.24, 2.45) is 0 Å². The number of likely N-dealkylation sites (tertiary alicyclic amines) is 1. The van der Waals surface area contributed by atoms with Crippen molar-refractivity contribution in [1.29, 1.82) is 0 Å². The zero-order valence-electron chi connectivity index (χ0n) is 13.6. The first-order valence-electron chi connectivity index (χ1n) is 7.61. The number of carbonyl (C=O) groups excluding carboxylic acids is 2. The van der Waals surface area contributed by atoms with E-state index in [-0.39, 0.29) is 5.91 Å². The van der Waals surface area contributed by atoms with Crippen molar-refractivity contribution in [3.8, 4) is 0 Å². The molecule has 0 saturated carbocycles. The van der Waals surface area contributed by atoms with Gasteiger partial charge in [-0.3, -0.25) is 4.79 Å². The number of hydrogen-bond donors (Lipinski definition) is 1. The lowest BCUT2D eigenvalue weighted by Crippen LogP contribution is -2.51. The maximum Gasteiger partial charge on any atom is 0.408 e. The molecule has 1 rings (SSSR count). The molecular weight excluding hydrogens is 288 g/mol. The standard InChI is InChI=1S/C15H28N2O3S/c1-15(2,3)20-14(19)16-12(8-11-21-4)13(18)17-9-6-5-7-10-17/h12H,5-11H2,1-4H3,(H,16,19). The highest BCUT2D eigenvalue weighted by Gasteiger charge is 2.28. The van der Waals surface area contributed by atoms with Crippen LogP contribution < -0.4 is 5.32 Å². The average molecular weight is 316 g/mol. The van der Waals surface area contributed by atoms with E-state index in [4.69, 9.17) is 4.74 Å². The van der Waals surface area contributed by atoms with Crippen LogP contribution in [0, 0.1) is 0 Å². The largest absolute Gasteiger partial charge is 0.444 e. The number of ether oxygens (including phenoxy) is 1. The van der Waals surface area contributed by atoms with E-state index in [0.717, 1.165) is 31.7 Å². The van der Waals surface area contributed by atoms with Crippen molar-refractivity contribution in [3.63, 3.8) is 0 Å². The summed E-state index contributed by atoms with van der Waals surface area (Å²) in [5.41, 5.74) is -0.553. The van der Waals surface area contributed by atoms with Crippen molar-refractivity contribution in [2.45, 2.75) is 58.1 Å². The number of alkyl carbamates (subject to hydrolysis) is 1. The molecule has 1 saturated heterocycles. The number of carbonyl (C=O) groups is 2. The molecule has 0 radical (unpaired) electrons. The second-order valence-corrected chi connectivity index (χ2v) is 7.35. The third kappa shape index (κ3) is 7.07. The molecule has 1 N–H and O–H groups in total. The molecule has 21 heavy (non-hydrogen) atoms. The Hall–Kier alpha value is -0.910. The maximum absolute atomic E-state index is 12.6. The second-order valence-electron chi connectivity index (χ2n) is 6.37. The monoisotopic (exact) mass is 316 g/mol. The smallest absolute Gasteiger partial charge is 0.408 e. The first kappa shape index (κ1) is 18.1. The van der Waals surface area contributed by atoms with Gasteiger partial charge < -0.3 is 15.0 Å². The van der Waals surface area contributed by atoms with Gasteiger partial charge in [0.1, 0.15) is 11.6 Å². The Labute approximate surface area is 132 Å². The minimum Gasteiger partial charge on any atom is -0.444 e. The second kappa shape index (κ2) is 8.51. The van der Waals surface area contributed by atoms with Crippen molar-refractivity contribution in [3.05, 3.63) is 0 Å². The summed E-state index contributed by atoms with van der Waals surface area (Å²) < 4.78 is 5.26. The first-order chi connectivity index (χ1) is 9.83. The van der Waals surface area contributed by atoms with E-state index in [2.05, 4.69) is 5.32 Å². The van der Waals surface area contributed by atoms with Gasteiger partial charge in [0.25, 0.3) is 0 Å². The molecule has 2 amide bonds. The molecule has 0 bridgehead atoms. The van der Waals surface area contributed by atoms with E-state index in [1.165, 1.54) is 6.42 Å². The van der Waals surface area contributed by atoms with Crippen molar-refractivity contribution in [1.82, 2.24) is 10.2 Å². The number of hydrogen-bond acceptors (Lipinski definition) is 4. The summed E-state index contributed by atoms with van der Waals surface area (Å²) in [5.74, 6) is 0.856. The molecule has 122 valence electrons. The van der Waals surface area contributed by atoms with Gasteiger partial charge >= 0.3 is 6.09 Å². The Balaban J connectivity index is 2.61. The van der Waals surface area contributed by atoms with Gasteiger partial charge in [0, 0.05) is 13.1 Å². The highest BCUT2D eigenvalue weighted by Crippen LogP contribution is 2.13. The molecule has 5 nitrogen and oxygen atoms in total. The normalized spacial score (nSPS) is 17.2. The number of piperidine rings is 1. The van der Waals surface area contributed by atoms with Crippen LogP contribution in [0.3, 0.4) is 0 Å². The van der Waals surface area contributed by atoms with Gasteiger partial charge in [-0.05, 0) is 58.5 Å². The lowest BCUT2D eigenvalue weighted by molar-refractivity contribution is -0.134. The van der Waals surface area contributed by atoms with Gasteiger partial charge in [0.2, 0.25) is 5.91 Å². The van der Waals surface area contributed by atoms with E-state index in [1.807, 2.05) is 31.9 Å². The highest BCUT2D eigenvalue weighted by molar-refractivity contribution is 7.98. The van der Waals surface area contributed by atoms with E-state index >= 15 is 0 Å². The molecule has 1 unspecified atom stereocenters. The van der Waals surface area contributed by atoms with Gasteiger partial charge in [-0.15, -0.1) is 0 Å². The quantitative estimate of drug-likeness (QED) is 0.847. The molecule has 1 aliphatic heterocycles. The fraction of sp³-hybridized carbons (Fsp3) is 0.867. The molecule has 6 heteroatoms.